The summed E-state index contributed by atoms with van der Waals surface area (Å²) in [6.07, 6.45) is 2.54. The summed E-state index contributed by atoms with van der Waals surface area (Å²) in [5, 5.41) is 33.1. The van der Waals surface area contributed by atoms with E-state index in [1.54, 1.807) is 11.9 Å². The van der Waals surface area contributed by atoms with Gasteiger partial charge in [0.05, 0.1) is 0 Å². The summed E-state index contributed by atoms with van der Waals surface area (Å²) in [6.45, 7) is 17.3. The summed E-state index contributed by atoms with van der Waals surface area (Å²) in [4.78, 5) is 23.4. The van der Waals surface area contributed by atoms with Gasteiger partial charge in [-0.2, -0.15) is 0 Å². The van der Waals surface area contributed by atoms with Gasteiger partial charge in [-0.25, -0.2) is 0 Å². The zero-order valence-corrected chi connectivity index (χ0v) is 22.0. The molecule has 2 aromatic carbocycles. The maximum atomic E-state index is 11.1. The van der Waals surface area contributed by atoms with Gasteiger partial charge in [0.25, 0.3) is 0 Å². The number of likely N-dealkylation sites (N-methyl/N-ethyl adjacent to an activating group) is 1. The normalized spacial score (nSPS) is 7.74. The van der Waals surface area contributed by atoms with E-state index in [-0.39, 0.29) is 11.8 Å². The van der Waals surface area contributed by atoms with Crippen molar-refractivity contribution in [1.82, 2.24) is 0 Å². The van der Waals surface area contributed by atoms with Crippen LogP contribution in [0.5, 0.6) is 0 Å². The summed E-state index contributed by atoms with van der Waals surface area (Å²) >= 11 is 0. The van der Waals surface area contributed by atoms with Crippen LogP contribution >= 0.6 is 0 Å². The molecule has 0 heterocycles. The fourth-order valence-electron chi connectivity index (χ4n) is 1.63. The summed E-state index contributed by atoms with van der Waals surface area (Å²) in [7, 11) is -0.612. The first-order valence-corrected chi connectivity index (χ1v) is 11.2. The van der Waals surface area contributed by atoms with E-state index in [4.69, 9.17) is 20.1 Å². The van der Waals surface area contributed by atoms with Crippen LogP contribution in [-0.2, 0) is 9.59 Å². The summed E-state index contributed by atoms with van der Waals surface area (Å²) < 4.78 is 0. The van der Waals surface area contributed by atoms with E-state index in [0.29, 0.717) is 0 Å². The van der Waals surface area contributed by atoms with E-state index >= 15 is 0 Å². The minimum atomic E-state index is -1.17. The lowest BCUT2D eigenvalue weighted by molar-refractivity contribution is -0.114. The van der Waals surface area contributed by atoms with Gasteiger partial charge < -0.3 is 30.3 Å². The first kappa shape index (κ1) is 39.1. The lowest BCUT2D eigenvalue weighted by Gasteiger charge is -2.14. The average Bonchev–Trinajstić information content (AvgIpc) is 2.86. The molecule has 0 radical (unpaired) electrons. The van der Waals surface area contributed by atoms with E-state index in [9.17, 15) is 9.59 Å². The van der Waals surface area contributed by atoms with E-state index in [2.05, 4.69) is 18.5 Å². The maximum absolute atomic E-state index is 11.1. The van der Waals surface area contributed by atoms with Crippen molar-refractivity contribution in [2.24, 2.45) is 0 Å². The number of hydrogen-bond donors (Lipinski definition) is 5. The van der Waals surface area contributed by atoms with Crippen LogP contribution in [0.1, 0.15) is 27.7 Å². The molecule has 0 aromatic heterocycles. The molecule has 0 bridgehead atoms. The van der Waals surface area contributed by atoms with Gasteiger partial charge in [-0.3, -0.25) is 9.59 Å². The first-order chi connectivity index (χ1) is 16.5. The summed E-state index contributed by atoms with van der Waals surface area (Å²) in [5.41, 5.74) is 1.67. The van der Waals surface area contributed by atoms with Gasteiger partial charge in [0.15, 0.2) is 0 Å². The minimum absolute atomic E-state index is 0.0961. The molecule has 0 saturated carbocycles. The van der Waals surface area contributed by atoms with Crippen LogP contribution in [0.2, 0.25) is 13.6 Å². The van der Waals surface area contributed by atoms with Crippen LogP contribution in [0, 0.1) is 0 Å². The van der Waals surface area contributed by atoms with E-state index in [1.807, 2.05) is 88.4 Å². The Morgan fingerprint density at radius 3 is 1.43 bits per heavy atom. The Hall–Kier alpha value is -3.17. The number of amides is 2. The van der Waals surface area contributed by atoms with E-state index in [1.165, 1.54) is 25.8 Å². The lowest BCUT2D eigenvalue weighted by atomic mass is 9.99. The monoisotopic (exact) mass is 488 g/mol. The fraction of sp³-hybridized carbons (Fsp3) is 0.280. The topological polar surface area (TPSA) is 130 Å². The smallest absolute Gasteiger partial charge is 0.427 e. The third-order valence-corrected chi connectivity index (χ3v) is 2.88. The highest BCUT2D eigenvalue weighted by Crippen LogP contribution is 2.10. The second-order valence-corrected chi connectivity index (χ2v) is 5.76. The van der Waals surface area contributed by atoms with Crippen molar-refractivity contribution in [3.63, 3.8) is 0 Å². The Labute approximate surface area is 211 Å². The Bertz CT molecular complexity index is 750. The number of anilines is 2. The fourth-order valence-corrected chi connectivity index (χ4v) is 1.63. The number of rotatable bonds is 4. The number of para-hydroxylation sites is 2. The molecule has 2 amide bonds. The molecule has 0 fully saturated rings. The number of nitrogens with one attached hydrogen (secondary N) is 1. The van der Waals surface area contributed by atoms with Crippen molar-refractivity contribution in [3.05, 3.63) is 86.0 Å². The van der Waals surface area contributed by atoms with Gasteiger partial charge in [-0.05, 0) is 50.1 Å². The van der Waals surface area contributed by atoms with Crippen molar-refractivity contribution >= 4 is 37.4 Å². The van der Waals surface area contributed by atoms with Crippen molar-refractivity contribution in [1.29, 1.82) is 0 Å². The Kier molecular flexibility index (Phi) is 32.2. The molecule has 0 saturated heterocycles. The van der Waals surface area contributed by atoms with Crippen LogP contribution in [0.15, 0.2) is 86.0 Å². The molecule has 35 heavy (non-hydrogen) atoms. The van der Waals surface area contributed by atoms with Gasteiger partial charge in [0, 0.05) is 18.4 Å². The Balaban J connectivity index is -0.000000191. The first-order valence-electron chi connectivity index (χ1n) is 11.2. The predicted molar refractivity (Wildman–Crippen MR) is 150 cm³/mol. The van der Waals surface area contributed by atoms with Gasteiger partial charge in [0.1, 0.15) is 0 Å². The van der Waals surface area contributed by atoms with Gasteiger partial charge in [0.2, 0.25) is 11.8 Å². The van der Waals surface area contributed by atoms with E-state index < -0.39 is 14.2 Å². The number of nitrogens with zero attached hydrogens (tertiary/aromatic N) is 1. The molecule has 0 spiro atoms. The third kappa shape index (κ3) is 30.8. The standard InChI is InChI=1S/C10H11NO.C9H9NO.2C2H6.2CH5BO2/c1-3-10(12)11(2)9-7-5-4-6-8-9;1-2-9(11)10-8-6-4-3-5-7-8;2*1-2;2*1-2(3)4/h3-8H,1H2,2H3;2-7H,1H2,(H,10,11);2*1-2H3;2*3-4H,1H3. The van der Waals surface area contributed by atoms with Crippen molar-refractivity contribution in [2.45, 2.75) is 41.3 Å². The SMILES string of the molecule is C=CC(=O)N(C)c1ccccc1.C=CC(=O)Nc1ccccc1.CB(O)O.CB(O)O.CC.CC. The number of carbonyl (C=O) groups excluding carboxylic acids is 2. The molecular weight excluding hydrogens is 446 g/mol. The third-order valence-electron chi connectivity index (χ3n) is 2.88. The zero-order chi connectivity index (χ0) is 28.2. The number of benzene rings is 2. The van der Waals surface area contributed by atoms with Gasteiger partial charge in [-0.15, -0.1) is 0 Å². The van der Waals surface area contributed by atoms with Crippen molar-refractivity contribution in [3.8, 4) is 0 Å². The number of hydrogen-bond acceptors (Lipinski definition) is 6. The second kappa shape index (κ2) is 28.9. The molecule has 0 aliphatic carbocycles. The van der Waals surface area contributed by atoms with Gasteiger partial charge in [-0.1, -0.05) is 77.3 Å². The van der Waals surface area contributed by atoms with Crippen LogP contribution in [0.25, 0.3) is 0 Å². The number of carbonyl (C=O) groups is 2. The highest BCUT2D eigenvalue weighted by atomic mass is 16.4. The highest BCUT2D eigenvalue weighted by molar-refractivity contribution is 6.39. The second-order valence-electron chi connectivity index (χ2n) is 5.76. The minimum Gasteiger partial charge on any atom is -0.427 e. The van der Waals surface area contributed by atoms with Gasteiger partial charge >= 0.3 is 14.2 Å². The molecule has 194 valence electrons. The molecule has 0 aliphatic rings. The quantitative estimate of drug-likeness (QED) is 0.328. The Morgan fingerprint density at radius 2 is 1.11 bits per heavy atom. The summed E-state index contributed by atoms with van der Waals surface area (Å²) in [6, 6.07) is 18.7. The molecule has 0 unspecified atom stereocenters. The molecular formula is C25H42B2N2O6. The molecule has 0 atom stereocenters. The largest absolute Gasteiger partial charge is 0.448 e. The summed E-state index contributed by atoms with van der Waals surface area (Å²) in [5.74, 6) is -0.280. The molecule has 2 aromatic rings. The van der Waals surface area contributed by atoms with E-state index in [0.717, 1.165) is 11.4 Å². The van der Waals surface area contributed by atoms with Crippen LogP contribution < -0.4 is 10.2 Å². The zero-order valence-electron chi connectivity index (χ0n) is 22.0. The molecule has 10 heteroatoms. The predicted octanol–water partition coefficient (Wildman–Crippen LogP) is 3.88. The average molecular weight is 488 g/mol. The molecule has 2 rings (SSSR count). The molecule has 0 aliphatic heterocycles. The van der Waals surface area contributed by atoms with Crippen LogP contribution in [0.3, 0.4) is 0 Å². The van der Waals surface area contributed by atoms with Crippen LogP contribution in [0.4, 0.5) is 11.4 Å². The molecule has 5 N–H and O–H groups in total. The van der Waals surface area contributed by atoms with Crippen molar-refractivity contribution < 1.29 is 29.7 Å². The highest BCUT2D eigenvalue weighted by Gasteiger charge is 2.04. The van der Waals surface area contributed by atoms with Crippen LogP contribution in [-0.4, -0.2) is 53.2 Å². The lowest BCUT2D eigenvalue weighted by Crippen LogP contribution is -2.23. The Morgan fingerprint density at radius 1 is 0.771 bits per heavy atom. The maximum Gasteiger partial charge on any atom is 0.448 e. The molecule has 8 nitrogen and oxygen atoms in total. The van der Waals surface area contributed by atoms with Crippen molar-refractivity contribution in [2.75, 3.05) is 17.3 Å².